The van der Waals surface area contributed by atoms with E-state index in [1.807, 2.05) is 0 Å². The monoisotopic (exact) mass is 405 g/mol. The smallest absolute Gasteiger partial charge is 0.325 e. The van der Waals surface area contributed by atoms with Crippen molar-refractivity contribution in [2.45, 2.75) is 6.54 Å². The number of thiazole rings is 1. The molecule has 0 saturated heterocycles. The molecule has 10 heteroatoms. The number of non-ortho nitro benzene ring substituents is 1. The molecule has 0 N–H and O–H groups in total. The number of nitro benzene ring substituents is 1. The molecule has 1 amide bonds. The lowest BCUT2D eigenvalue weighted by molar-refractivity contribution is -0.384. The van der Waals surface area contributed by atoms with Gasteiger partial charge in [-0.3, -0.25) is 19.7 Å². The number of hydrogen-bond acceptors (Lipinski definition) is 6. The van der Waals surface area contributed by atoms with Crippen molar-refractivity contribution in [3.8, 4) is 0 Å². The van der Waals surface area contributed by atoms with Gasteiger partial charge in [0, 0.05) is 22.7 Å². The number of ether oxygens (including phenoxy) is 1. The lowest BCUT2D eigenvalue weighted by Crippen LogP contribution is -2.22. The standard InChI is InChI=1S/C17H12ClN3O5S/c1-26-15(22)9-20-13-8-12(21(24)25)6-7-14(13)27-17(20)19-16(23)10-2-4-11(18)5-3-10/h2-8H,9H2,1H3. The molecular formula is C17H12ClN3O5S. The first-order valence-electron chi connectivity index (χ1n) is 7.58. The molecule has 3 aromatic rings. The van der Waals surface area contributed by atoms with Gasteiger partial charge in [-0.05, 0) is 30.3 Å². The van der Waals surface area contributed by atoms with Crippen LogP contribution in [0.1, 0.15) is 10.4 Å². The first-order chi connectivity index (χ1) is 12.9. The van der Waals surface area contributed by atoms with Crippen molar-refractivity contribution in [1.82, 2.24) is 4.57 Å². The minimum Gasteiger partial charge on any atom is -0.468 e. The molecule has 0 spiro atoms. The maximum Gasteiger partial charge on any atom is 0.325 e. The van der Waals surface area contributed by atoms with Crippen molar-refractivity contribution in [3.63, 3.8) is 0 Å². The summed E-state index contributed by atoms with van der Waals surface area (Å²) in [5, 5.41) is 11.5. The van der Waals surface area contributed by atoms with Crippen LogP contribution >= 0.6 is 22.9 Å². The Bertz CT molecular complexity index is 1120. The summed E-state index contributed by atoms with van der Waals surface area (Å²) in [7, 11) is 1.23. The van der Waals surface area contributed by atoms with Crippen molar-refractivity contribution in [3.05, 3.63) is 68.0 Å². The Labute approximate surface area is 161 Å². The third kappa shape index (κ3) is 4.04. The molecule has 27 heavy (non-hydrogen) atoms. The van der Waals surface area contributed by atoms with E-state index in [1.165, 1.54) is 35.9 Å². The normalized spacial score (nSPS) is 11.6. The van der Waals surface area contributed by atoms with Crippen LogP contribution in [0.2, 0.25) is 5.02 Å². The number of aromatic nitrogens is 1. The second kappa shape index (κ2) is 7.68. The lowest BCUT2D eigenvalue weighted by Gasteiger charge is -2.03. The maximum atomic E-state index is 12.4. The van der Waals surface area contributed by atoms with Gasteiger partial charge in [0.2, 0.25) is 0 Å². The van der Waals surface area contributed by atoms with Gasteiger partial charge in [-0.25, -0.2) is 0 Å². The first-order valence-corrected chi connectivity index (χ1v) is 8.77. The predicted molar refractivity (Wildman–Crippen MR) is 99.8 cm³/mol. The van der Waals surface area contributed by atoms with Crippen LogP contribution in [-0.4, -0.2) is 28.5 Å². The average molecular weight is 406 g/mol. The molecule has 1 heterocycles. The largest absolute Gasteiger partial charge is 0.468 e. The minimum atomic E-state index is -0.568. The van der Waals surface area contributed by atoms with Gasteiger partial charge in [0.15, 0.2) is 4.80 Å². The second-order valence-electron chi connectivity index (χ2n) is 5.38. The Hall–Kier alpha value is -3.04. The number of hydrogen-bond donors (Lipinski definition) is 0. The topological polar surface area (TPSA) is 104 Å². The molecule has 0 bridgehead atoms. The van der Waals surface area contributed by atoms with Crippen LogP contribution in [0.15, 0.2) is 47.5 Å². The number of halogens is 1. The molecule has 0 saturated carbocycles. The van der Waals surface area contributed by atoms with Gasteiger partial charge >= 0.3 is 5.97 Å². The number of carbonyl (C=O) groups is 2. The second-order valence-corrected chi connectivity index (χ2v) is 6.83. The highest BCUT2D eigenvalue weighted by Crippen LogP contribution is 2.23. The Morgan fingerprint density at radius 3 is 2.59 bits per heavy atom. The Balaban J connectivity index is 2.16. The fourth-order valence-electron chi connectivity index (χ4n) is 2.35. The average Bonchev–Trinajstić information content (AvgIpc) is 2.98. The maximum absolute atomic E-state index is 12.4. The molecule has 0 radical (unpaired) electrons. The number of fused-ring (bicyclic) bond motifs is 1. The van der Waals surface area contributed by atoms with Crippen LogP contribution in [0.25, 0.3) is 10.2 Å². The summed E-state index contributed by atoms with van der Waals surface area (Å²) in [5.74, 6) is -1.09. The van der Waals surface area contributed by atoms with Gasteiger partial charge in [0.05, 0.1) is 22.2 Å². The highest BCUT2D eigenvalue weighted by molar-refractivity contribution is 7.16. The number of nitro groups is 1. The zero-order valence-corrected chi connectivity index (χ0v) is 15.5. The third-order valence-corrected chi connectivity index (χ3v) is 4.99. The van der Waals surface area contributed by atoms with Crippen LogP contribution in [-0.2, 0) is 16.1 Å². The number of methoxy groups -OCH3 is 1. The number of amides is 1. The van der Waals surface area contributed by atoms with Crippen LogP contribution in [0.5, 0.6) is 0 Å². The molecule has 0 aliphatic rings. The van der Waals surface area contributed by atoms with Crippen LogP contribution < -0.4 is 4.80 Å². The van der Waals surface area contributed by atoms with Crippen LogP contribution in [0, 0.1) is 10.1 Å². The van der Waals surface area contributed by atoms with Gasteiger partial charge in [-0.2, -0.15) is 4.99 Å². The first kappa shape index (κ1) is 18.7. The van der Waals surface area contributed by atoms with Crippen molar-refractivity contribution < 1.29 is 19.2 Å². The van der Waals surface area contributed by atoms with Crippen molar-refractivity contribution in [1.29, 1.82) is 0 Å². The molecule has 138 valence electrons. The van der Waals surface area contributed by atoms with Crippen molar-refractivity contribution >= 4 is 50.7 Å². The van der Waals surface area contributed by atoms with Crippen LogP contribution in [0.4, 0.5) is 5.69 Å². The number of carbonyl (C=O) groups excluding carboxylic acids is 2. The van der Waals surface area contributed by atoms with Crippen molar-refractivity contribution in [2.75, 3.05) is 7.11 Å². The van der Waals surface area contributed by atoms with Gasteiger partial charge in [0.25, 0.3) is 11.6 Å². The Morgan fingerprint density at radius 1 is 1.26 bits per heavy atom. The highest BCUT2D eigenvalue weighted by atomic mass is 35.5. The quantitative estimate of drug-likeness (QED) is 0.376. The van der Waals surface area contributed by atoms with E-state index in [0.717, 1.165) is 11.3 Å². The van der Waals surface area contributed by atoms with E-state index in [9.17, 15) is 19.7 Å². The number of nitrogens with zero attached hydrogens (tertiary/aromatic N) is 3. The molecule has 0 aliphatic heterocycles. The van der Waals surface area contributed by atoms with Gasteiger partial charge in [-0.15, -0.1) is 0 Å². The van der Waals surface area contributed by atoms with Crippen LogP contribution in [0.3, 0.4) is 0 Å². The van der Waals surface area contributed by atoms with E-state index >= 15 is 0 Å². The highest BCUT2D eigenvalue weighted by Gasteiger charge is 2.15. The van der Waals surface area contributed by atoms with Crippen molar-refractivity contribution in [2.24, 2.45) is 4.99 Å². The number of rotatable bonds is 4. The van der Waals surface area contributed by atoms with E-state index in [1.54, 1.807) is 18.2 Å². The molecule has 0 aliphatic carbocycles. The van der Waals surface area contributed by atoms with Gasteiger partial charge < -0.3 is 9.30 Å². The zero-order chi connectivity index (χ0) is 19.6. The third-order valence-electron chi connectivity index (χ3n) is 3.68. The summed E-state index contributed by atoms with van der Waals surface area (Å²) >= 11 is 6.96. The molecular weight excluding hydrogens is 394 g/mol. The predicted octanol–water partition coefficient (Wildman–Crippen LogP) is 3.18. The van der Waals surface area contributed by atoms with E-state index in [-0.39, 0.29) is 17.0 Å². The molecule has 0 atom stereocenters. The fourth-order valence-corrected chi connectivity index (χ4v) is 3.48. The number of benzene rings is 2. The Morgan fingerprint density at radius 2 is 1.96 bits per heavy atom. The minimum absolute atomic E-state index is 0.130. The molecule has 2 aromatic carbocycles. The summed E-state index contributed by atoms with van der Waals surface area (Å²) in [6.45, 7) is -0.232. The molecule has 1 aromatic heterocycles. The number of esters is 1. The molecule has 8 nitrogen and oxygen atoms in total. The summed E-state index contributed by atoms with van der Waals surface area (Å²) in [5.41, 5.74) is 0.615. The molecule has 0 fully saturated rings. The van der Waals surface area contributed by atoms with Gasteiger partial charge in [-0.1, -0.05) is 22.9 Å². The summed E-state index contributed by atoms with van der Waals surface area (Å²) < 4.78 is 6.75. The van der Waals surface area contributed by atoms with E-state index in [4.69, 9.17) is 11.6 Å². The van der Waals surface area contributed by atoms with Gasteiger partial charge in [0.1, 0.15) is 6.54 Å². The summed E-state index contributed by atoms with van der Waals surface area (Å²) in [6, 6.07) is 10.5. The fraction of sp³-hybridized carbons (Fsp3) is 0.118. The molecule has 0 unspecified atom stereocenters. The summed E-state index contributed by atoms with van der Waals surface area (Å²) in [4.78, 5) is 39.0. The van der Waals surface area contributed by atoms with E-state index in [2.05, 4.69) is 9.73 Å². The zero-order valence-electron chi connectivity index (χ0n) is 13.9. The molecule has 3 rings (SSSR count). The SMILES string of the molecule is COC(=O)Cn1c(=NC(=O)c2ccc(Cl)cc2)sc2ccc([N+](=O)[O-])cc21. The summed E-state index contributed by atoms with van der Waals surface area (Å²) in [6.07, 6.45) is 0. The van der Waals surface area contributed by atoms with E-state index in [0.29, 0.717) is 20.8 Å². The Kier molecular flexibility index (Phi) is 5.33. The lowest BCUT2D eigenvalue weighted by atomic mass is 10.2. The van der Waals surface area contributed by atoms with E-state index < -0.39 is 16.8 Å².